The second-order valence-corrected chi connectivity index (χ2v) is 5.98. The molecule has 3 rings (SSSR count). The lowest BCUT2D eigenvalue weighted by atomic mass is 10.1. The molecule has 2 amide bonds. The fourth-order valence-corrected chi connectivity index (χ4v) is 2.51. The second kappa shape index (κ2) is 7.78. The molecule has 0 radical (unpaired) electrons. The summed E-state index contributed by atoms with van der Waals surface area (Å²) in [6, 6.07) is 16.2. The fourth-order valence-electron chi connectivity index (χ4n) is 2.51. The second-order valence-electron chi connectivity index (χ2n) is 5.98. The Morgan fingerprint density at radius 1 is 0.778 bits per heavy atom. The van der Waals surface area contributed by atoms with Gasteiger partial charge in [0.15, 0.2) is 0 Å². The Hall–Kier alpha value is -3.54. The highest BCUT2D eigenvalue weighted by Gasteiger charge is 2.13. The Morgan fingerprint density at radius 3 is 2.11 bits per heavy atom. The summed E-state index contributed by atoms with van der Waals surface area (Å²) in [5.41, 5.74) is 1.96. The molecule has 2 N–H and O–H groups in total. The van der Waals surface area contributed by atoms with Crippen LogP contribution in [0.4, 0.5) is 20.2 Å². The van der Waals surface area contributed by atoms with Gasteiger partial charge >= 0.3 is 0 Å². The molecule has 27 heavy (non-hydrogen) atoms. The molecule has 3 aromatic carbocycles. The van der Waals surface area contributed by atoms with E-state index in [4.69, 9.17) is 0 Å². The summed E-state index contributed by atoms with van der Waals surface area (Å²) in [7, 11) is 0. The van der Waals surface area contributed by atoms with Gasteiger partial charge < -0.3 is 10.6 Å². The van der Waals surface area contributed by atoms with Gasteiger partial charge in [-0.25, -0.2) is 8.78 Å². The number of anilines is 2. The SMILES string of the molecule is Cc1cccc(NC(=O)c2cccc(C(=O)Nc3ccc(F)cc3F)c2)c1. The third-order valence-corrected chi connectivity index (χ3v) is 3.84. The lowest BCUT2D eigenvalue weighted by molar-refractivity contribution is 0.102. The van der Waals surface area contributed by atoms with Gasteiger partial charge in [-0.15, -0.1) is 0 Å². The maximum absolute atomic E-state index is 13.7. The van der Waals surface area contributed by atoms with Crippen molar-refractivity contribution in [3.63, 3.8) is 0 Å². The molecular weight excluding hydrogens is 350 g/mol. The Bertz CT molecular complexity index is 1020. The van der Waals surface area contributed by atoms with Crippen molar-refractivity contribution in [2.45, 2.75) is 6.92 Å². The molecule has 0 spiro atoms. The first-order valence-electron chi connectivity index (χ1n) is 8.17. The van der Waals surface area contributed by atoms with Gasteiger partial charge in [0.05, 0.1) is 5.69 Å². The lowest BCUT2D eigenvalue weighted by Gasteiger charge is -2.09. The summed E-state index contributed by atoms with van der Waals surface area (Å²) < 4.78 is 26.6. The van der Waals surface area contributed by atoms with Crippen LogP contribution in [0.3, 0.4) is 0 Å². The molecule has 0 heterocycles. The van der Waals surface area contributed by atoms with E-state index in [0.717, 1.165) is 17.7 Å². The van der Waals surface area contributed by atoms with E-state index in [9.17, 15) is 18.4 Å². The molecule has 136 valence electrons. The quantitative estimate of drug-likeness (QED) is 0.698. The lowest BCUT2D eigenvalue weighted by Crippen LogP contribution is -2.16. The topological polar surface area (TPSA) is 58.2 Å². The number of hydrogen-bond donors (Lipinski definition) is 2. The normalized spacial score (nSPS) is 10.3. The smallest absolute Gasteiger partial charge is 0.255 e. The minimum atomic E-state index is -0.878. The number of amides is 2. The third-order valence-electron chi connectivity index (χ3n) is 3.84. The van der Waals surface area contributed by atoms with E-state index in [2.05, 4.69) is 10.6 Å². The van der Waals surface area contributed by atoms with Crippen molar-refractivity contribution in [2.24, 2.45) is 0 Å². The number of benzene rings is 3. The molecule has 6 heteroatoms. The Labute approximate surface area is 154 Å². The van der Waals surface area contributed by atoms with Crippen molar-refractivity contribution >= 4 is 23.2 Å². The van der Waals surface area contributed by atoms with Crippen molar-refractivity contribution in [2.75, 3.05) is 10.6 Å². The minimum absolute atomic E-state index is 0.143. The number of hydrogen-bond acceptors (Lipinski definition) is 2. The van der Waals surface area contributed by atoms with Crippen LogP contribution >= 0.6 is 0 Å². The summed E-state index contributed by atoms with van der Waals surface area (Å²) in [6.07, 6.45) is 0. The molecule has 0 aliphatic heterocycles. The molecule has 0 fully saturated rings. The van der Waals surface area contributed by atoms with Gasteiger partial charge in [0.2, 0.25) is 0 Å². The molecule has 0 atom stereocenters. The summed E-state index contributed by atoms with van der Waals surface area (Å²) in [5.74, 6) is -2.59. The van der Waals surface area contributed by atoms with Crippen molar-refractivity contribution < 1.29 is 18.4 Å². The molecule has 0 aliphatic carbocycles. The van der Waals surface area contributed by atoms with Crippen LogP contribution < -0.4 is 10.6 Å². The van der Waals surface area contributed by atoms with Crippen LogP contribution in [-0.4, -0.2) is 11.8 Å². The van der Waals surface area contributed by atoms with Crippen LogP contribution in [0.2, 0.25) is 0 Å². The Balaban J connectivity index is 1.76. The van der Waals surface area contributed by atoms with E-state index in [1.807, 2.05) is 25.1 Å². The van der Waals surface area contributed by atoms with Crippen LogP contribution in [-0.2, 0) is 0 Å². The van der Waals surface area contributed by atoms with Gasteiger partial charge in [0.25, 0.3) is 11.8 Å². The molecule has 0 saturated carbocycles. The summed E-state index contributed by atoms with van der Waals surface area (Å²) in [6.45, 7) is 1.91. The van der Waals surface area contributed by atoms with Crippen molar-refractivity contribution in [1.82, 2.24) is 0 Å². The van der Waals surface area contributed by atoms with E-state index in [-0.39, 0.29) is 22.7 Å². The van der Waals surface area contributed by atoms with Gasteiger partial charge in [-0.2, -0.15) is 0 Å². The first-order valence-corrected chi connectivity index (χ1v) is 8.17. The summed E-state index contributed by atoms with van der Waals surface area (Å²) in [5, 5.41) is 5.12. The zero-order valence-electron chi connectivity index (χ0n) is 14.4. The first-order chi connectivity index (χ1) is 12.9. The molecule has 4 nitrogen and oxygen atoms in total. The van der Waals surface area contributed by atoms with Gasteiger partial charge in [0.1, 0.15) is 11.6 Å². The molecular formula is C21H16F2N2O2. The van der Waals surface area contributed by atoms with Crippen LogP contribution in [0.5, 0.6) is 0 Å². The third kappa shape index (κ3) is 4.55. The van der Waals surface area contributed by atoms with Gasteiger partial charge in [-0.3, -0.25) is 9.59 Å². The standard InChI is InChI=1S/C21H16F2N2O2/c1-13-4-2-7-17(10-13)24-20(26)14-5-3-6-15(11-14)21(27)25-19-9-8-16(22)12-18(19)23/h2-12H,1H3,(H,24,26)(H,25,27). The Morgan fingerprint density at radius 2 is 1.44 bits per heavy atom. The predicted octanol–water partition coefficient (Wildman–Crippen LogP) is 4.78. The van der Waals surface area contributed by atoms with Crippen LogP contribution in [0.25, 0.3) is 0 Å². The Kier molecular flexibility index (Phi) is 5.26. The fraction of sp³-hybridized carbons (Fsp3) is 0.0476. The van der Waals surface area contributed by atoms with Crippen molar-refractivity contribution in [3.8, 4) is 0 Å². The average Bonchev–Trinajstić information content (AvgIpc) is 2.64. The molecule has 0 saturated heterocycles. The molecule has 0 aliphatic rings. The van der Waals surface area contributed by atoms with Crippen LogP contribution in [0, 0.1) is 18.6 Å². The largest absolute Gasteiger partial charge is 0.322 e. The van der Waals surface area contributed by atoms with E-state index < -0.39 is 17.5 Å². The van der Waals surface area contributed by atoms with Crippen molar-refractivity contribution in [3.05, 3.63) is 95.1 Å². The van der Waals surface area contributed by atoms with E-state index >= 15 is 0 Å². The van der Waals surface area contributed by atoms with E-state index in [1.165, 1.54) is 12.1 Å². The van der Waals surface area contributed by atoms with Gasteiger partial charge in [-0.05, 0) is 55.0 Å². The highest BCUT2D eigenvalue weighted by Crippen LogP contribution is 2.17. The maximum atomic E-state index is 13.7. The van der Waals surface area contributed by atoms with Crippen LogP contribution in [0.15, 0.2) is 66.7 Å². The average molecular weight is 366 g/mol. The number of rotatable bonds is 4. The van der Waals surface area contributed by atoms with Crippen molar-refractivity contribution in [1.29, 1.82) is 0 Å². The zero-order chi connectivity index (χ0) is 19.4. The molecule has 0 unspecified atom stereocenters. The number of aryl methyl sites for hydroxylation is 1. The number of carbonyl (C=O) groups excluding carboxylic acids is 2. The zero-order valence-corrected chi connectivity index (χ0v) is 14.4. The highest BCUT2D eigenvalue weighted by atomic mass is 19.1. The molecule has 0 aromatic heterocycles. The van der Waals surface area contributed by atoms with Gasteiger partial charge in [-0.1, -0.05) is 18.2 Å². The van der Waals surface area contributed by atoms with Gasteiger partial charge in [0, 0.05) is 22.9 Å². The number of halogens is 2. The summed E-state index contributed by atoms with van der Waals surface area (Å²) in [4.78, 5) is 24.7. The summed E-state index contributed by atoms with van der Waals surface area (Å²) >= 11 is 0. The predicted molar refractivity (Wildman–Crippen MR) is 99.9 cm³/mol. The monoisotopic (exact) mass is 366 g/mol. The molecule has 3 aromatic rings. The van der Waals surface area contributed by atoms with E-state index in [1.54, 1.807) is 18.2 Å². The first kappa shape index (κ1) is 18.3. The minimum Gasteiger partial charge on any atom is -0.322 e. The van der Waals surface area contributed by atoms with Crippen LogP contribution in [0.1, 0.15) is 26.3 Å². The van der Waals surface area contributed by atoms with E-state index in [0.29, 0.717) is 11.8 Å². The maximum Gasteiger partial charge on any atom is 0.255 e. The molecule has 0 bridgehead atoms. The highest BCUT2D eigenvalue weighted by molar-refractivity contribution is 6.08. The number of nitrogens with one attached hydrogen (secondary N) is 2. The number of carbonyl (C=O) groups is 2.